The van der Waals surface area contributed by atoms with Crippen LogP contribution in [0.2, 0.25) is 0 Å². The van der Waals surface area contributed by atoms with Crippen LogP contribution in [0.15, 0.2) is 24.3 Å². The van der Waals surface area contributed by atoms with Crippen LogP contribution < -0.4 is 5.73 Å². The Balaban J connectivity index is 2.74. The van der Waals surface area contributed by atoms with Gasteiger partial charge in [-0.2, -0.15) is 0 Å². The zero-order valence-electron chi connectivity index (χ0n) is 9.59. The van der Waals surface area contributed by atoms with Crippen molar-refractivity contribution < 1.29 is 4.39 Å². The highest BCUT2D eigenvalue weighted by atomic mass is 19.1. The van der Waals surface area contributed by atoms with Crippen LogP contribution in [0.1, 0.15) is 32.3 Å². The zero-order chi connectivity index (χ0) is 11.3. The average Bonchev–Trinajstić information content (AvgIpc) is 2.18. The second kappa shape index (κ2) is 5.26. The quantitative estimate of drug-likeness (QED) is 0.792. The summed E-state index contributed by atoms with van der Waals surface area (Å²) in [5.41, 5.74) is 6.92. The van der Waals surface area contributed by atoms with Crippen molar-refractivity contribution in [2.24, 2.45) is 11.1 Å². The molecule has 84 valence electrons. The van der Waals surface area contributed by atoms with Crippen molar-refractivity contribution in [3.63, 3.8) is 0 Å². The van der Waals surface area contributed by atoms with Crippen LogP contribution in [0, 0.1) is 11.2 Å². The van der Waals surface area contributed by atoms with Crippen LogP contribution in [0.5, 0.6) is 0 Å². The third-order valence-corrected chi connectivity index (χ3v) is 2.87. The third kappa shape index (κ3) is 3.63. The summed E-state index contributed by atoms with van der Waals surface area (Å²) in [6.07, 6.45) is 3.05. The summed E-state index contributed by atoms with van der Waals surface area (Å²) in [6.45, 7) is 4.97. The Morgan fingerprint density at radius 1 is 1.40 bits per heavy atom. The van der Waals surface area contributed by atoms with Crippen molar-refractivity contribution in [2.75, 3.05) is 6.54 Å². The van der Waals surface area contributed by atoms with Gasteiger partial charge in [-0.05, 0) is 42.5 Å². The maximum absolute atomic E-state index is 13.0. The highest BCUT2D eigenvalue weighted by Crippen LogP contribution is 2.27. The lowest BCUT2D eigenvalue weighted by atomic mass is 9.80. The minimum Gasteiger partial charge on any atom is -0.330 e. The zero-order valence-corrected chi connectivity index (χ0v) is 9.59. The molecule has 0 amide bonds. The van der Waals surface area contributed by atoms with E-state index in [-0.39, 0.29) is 11.2 Å². The minimum absolute atomic E-state index is 0.0997. The largest absolute Gasteiger partial charge is 0.330 e. The first kappa shape index (κ1) is 12.2. The Kier molecular flexibility index (Phi) is 4.28. The van der Waals surface area contributed by atoms with Gasteiger partial charge in [0.15, 0.2) is 0 Å². The van der Waals surface area contributed by atoms with E-state index in [4.69, 9.17) is 5.73 Å². The number of benzene rings is 1. The second-order valence-corrected chi connectivity index (χ2v) is 4.57. The molecular weight excluding hydrogens is 189 g/mol. The Morgan fingerprint density at radius 2 is 2.13 bits per heavy atom. The fourth-order valence-corrected chi connectivity index (χ4v) is 2.01. The minimum atomic E-state index is -0.164. The molecule has 0 aliphatic carbocycles. The predicted octanol–water partition coefficient (Wildman–Crippen LogP) is 3.13. The van der Waals surface area contributed by atoms with Gasteiger partial charge < -0.3 is 5.73 Å². The number of hydrogen-bond donors (Lipinski definition) is 1. The fraction of sp³-hybridized carbons (Fsp3) is 0.538. The van der Waals surface area contributed by atoms with Gasteiger partial charge in [0.1, 0.15) is 5.82 Å². The lowest BCUT2D eigenvalue weighted by molar-refractivity contribution is 0.302. The molecule has 2 N–H and O–H groups in total. The summed E-state index contributed by atoms with van der Waals surface area (Å²) in [4.78, 5) is 0. The first-order chi connectivity index (χ1) is 7.09. The molecule has 1 nitrogen and oxygen atoms in total. The van der Waals surface area contributed by atoms with Crippen LogP contribution in [-0.2, 0) is 6.42 Å². The van der Waals surface area contributed by atoms with Crippen molar-refractivity contribution in [3.8, 4) is 0 Å². The van der Waals surface area contributed by atoms with Gasteiger partial charge in [-0.3, -0.25) is 0 Å². The molecule has 0 aliphatic rings. The van der Waals surface area contributed by atoms with Gasteiger partial charge in [-0.25, -0.2) is 4.39 Å². The highest BCUT2D eigenvalue weighted by molar-refractivity contribution is 5.17. The van der Waals surface area contributed by atoms with E-state index in [9.17, 15) is 4.39 Å². The summed E-state index contributed by atoms with van der Waals surface area (Å²) >= 11 is 0. The third-order valence-electron chi connectivity index (χ3n) is 2.87. The van der Waals surface area contributed by atoms with Crippen molar-refractivity contribution in [1.82, 2.24) is 0 Å². The fourth-order valence-electron chi connectivity index (χ4n) is 2.01. The molecular formula is C13H20FN. The van der Waals surface area contributed by atoms with Crippen molar-refractivity contribution >= 4 is 0 Å². The first-order valence-electron chi connectivity index (χ1n) is 5.54. The van der Waals surface area contributed by atoms with Crippen LogP contribution >= 0.6 is 0 Å². The van der Waals surface area contributed by atoms with Crippen LogP contribution in [0.25, 0.3) is 0 Å². The lowest BCUT2D eigenvalue weighted by Gasteiger charge is -2.27. The number of halogens is 1. The van der Waals surface area contributed by atoms with Crippen LogP contribution in [0.4, 0.5) is 4.39 Å². The van der Waals surface area contributed by atoms with Gasteiger partial charge in [0.2, 0.25) is 0 Å². The second-order valence-electron chi connectivity index (χ2n) is 4.57. The maximum Gasteiger partial charge on any atom is 0.123 e. The Hall–Kier alpha value is -0.890. The van der Waals surface area contributed by atoms with E-state index in [1.54, 1.807) is 12.1 Å². The molecule has 1 aromatic carbocycles. The molecule has 15 heavy (non-hydrogen) atoms. The van der Waals surface area contributed by atoms with E-state index in [0.29, 0.717) is 6.54 Å². The molecule has 0 radical (unpaired) electrons. The molecule has 0 saturated heterocycles. The van der Waals surface area contributed by atoms with Gasteiger partial charge in [0, 0.05) is 0 Å². The van der Waals surface area contributed by atoms with Gasteiger partial charge in [-0.15, -0.1) is 0 Å². The smallest absolute Gasteiger partial charge is 0.123 e. The van der Waals surface area contributed by atoms with E-state index in [2.05, 4.69) is 13.8 Å². The Labute approximate surface area is 91.5 Å². The summed E-state index contributed by atoms with van der Waals surface area (Å²) < 4.78 is 13.0. The number of rotatable bonds is 5. The van der Waals surface area contributed by atoms with E-state index in [0.717, 1.165) is 24.8 Å². The topological polar surface area (TPSA) is 26.0 Å². The highest BCUT2D eigenvalue weighted by Gasteiger charge is 2.21. The molecule has 2 heteroatoms. The van der Waals surface area contributed by atoms with Crippen LogP contribution in [0.3, 0.4) is 0 Å². The normalized spacial score (nSPS) is 14.9. The van der Waals surface area contributed by atoms with Crippen molar-refractivity contribution in [3.05, 3.63) is 35.6 Å². The molecule has 1 unspecified atom stereocenters. The van der Waals surface area contributed by atoms with Crippen LogP contribution in [-0.4, -0.2) is 6.54 Å². The molecule has 0 aromatic heterocycles. The summed E-state index contributed by atoms with van der Waals surface area (Å²) in [6, 6.07) is 6.80. The molecule has 0 fully saturated rings. The van der Waals surface area contributed by atoms with Gasteiger partial charge in [0.25, 0.3) is 0 Å². The number of nitrogens with two attached hydrogens (primary N) is 1. The SMILES string of the molecule is CCCC(C)(CN)Cc1cccc(F)c1. The predicted molar refractivity (Wildman–Crippen MR) is 62.2 cm³/mol. The molecule has 0 heterocycles. The summed E-state index contributed by atoms with van der Waals surface area (Å²) in [5.74, 6) is -0.164. The van der Waals surface area contributed by atoms with Gasteiger partial charge in [0.05, 0.1) is 0 Å². The average molecular weight is 209 g/mol. The summed E-state index contributed by atoms with van der Waals surface area (Å²) in [7, 11) is 0. The van der Waals surface area contributed by atoms with Gasteiger partial charge >= 0.3 is 0 Å². The Morgan fingerprint density at radius 3 is 2.67 bits per heavy atom. The molecule has 0 bridgehead atoms. The summed E-state index contributed by atoms with van der Waals surface area (Å²) in [5, 5.41) is 0. The standard InChI is InChI=1S/C13H20FN/c1-3-7-13(2,10-15)9-11-5-4-6-12(14)8-11/h4-6,8H,3,7,9-10,15H2,1-2H3. The van der Waals surface area contributed by atoms with Gasteiger partial charge in [-0.1, -0.05) is 32.4 Å². The van der Waals surface area contributed by atoms with Crippen molar-refractivity contribution in [1.29, 1.82) is 0 Å². The van der Waals surface area contributed by atoms with E-state index >= 15 is 0 Å². The molecule has 1 rings (SSSR count). The molecule has 0 spiro atoms. The maximum atomic E-state index is 13.0. The molecule has 0 aliphatic heterocycles. The molecule has 1 atom stereocenters. The van der Waals surface area contributed by atoms with E-state index in [1.165, 1.54) is 6.07 Å². The molecule has 0 saturated carbocycles. The van der Waals surface area contributed by atoms with E-state index in [1.807, 2.05) is 6.07 Å². The first-order valence-corrected chi connectivity index (χ1v) is 5.54. The van der Waals surface area contributed by atoms with Crippen molar-refractivity contribution in [2.45, 2.75) is 33.1 Å². The van der Waals surface area contributed by atoms with E-state index < -0.39 is 0 Å². The monoisotopic (exact) mass is 209 g/mol. The number of hydrogen-bond acceptors (Lipinski definition) is 1. The lowest BCUT2D eigenvalue weighted by Crippen LogP contribution is -2.29. The molecule has 1 aromatic rings. The Bertz CT molecular complexity index is 311.